The van der Waals surface area contributed by atoms with Gasteiger partial charge in [-0.05, 0) is 40.8 Å². The predicted octanol–water partition coefficient (Wildman–Crippen LogP) is 3.02. The number of ketones is 1. The number of furan rings is 1. The first-order valence-corrected chi connectivity index (χ1v) is 4.83. The summed E-state index contributed by atoms with van der Waals surface area (Å²) in [4.78, 5) is 11.5. The fourth-order valence-corrected chi connectivity index (χ4v) is 1.65. The Morgan fingerprint density at radius 1 is 1.67 bits per heavy atom. The normalized spacial score (nSPS) is 16.4. The third-order valence-corrected chi connectivity index (χ3v) is 2.70. The number of Topliss-reactive ketones (excluding diaryl/α,β-unsaturated/α-hetero) is 1. The van der Waals surface area contributed by atoms with Crippen molar-refractivity contribution in [2.45, 2.75) is 19.3 Å². The van der Waals surface area contributed by atoms with Crippen molar-refractivity contribution in [3.63, 3.8) is 0 Å². The smallest absolute Gasteiger partial charge is 0.179 e. The largest absolute Gasteiger partial charge is 0.457 e. The van der Waals surface area contributed by atoms with E-state index in [2.05, 4.69) is 15.9 Å². The standard InChI is InChI=1S/C9H9BrO2/c10-9-7(3-4-12-9)8(11)5-6-1-2-6/h3-4,6H,1-2,5H2. The van der Waals surface area contributed by atoms with Crippen LogP contribution in [0.3, 0.4) is 0 Å². The summed E-state index contributed by atoms with van der Waals surface area (Å²) in [7, 11) is 0. The van der Waals surface area contributed by atoms with Gasteiger partial charge < -0.3 is 4.42 Å². The molecule has 0 bridgehead atoms. The molecule has 0 amide bonds. The molecular formula is C9H9BrO2. The van der Waals surface area contributed by atoms with Crippen molar-refractivity contribution in [1.82, 2.24) is 0 Å². The summed E-state index contributed by atoms with van der Waals surface area (Å²) >= 11 is 3.19. The molecule has 0 N–H and O–H groups in total. The summed E-state index contributed by atoms with van der Waals surface area (Å²) in [6.45, 7) is 0. The number of halogens is 1. The lowest BCUT2D eigenvalue weighted by Crippen LogP contribution is -1.98. The minimum atomic E-state index is 0.193. The summed E-state index contributed by atoms with van der Waals surface area (Å²) in [5, 5.41) is 0. The highest BCUT2D eigenvalue weighted by atomic mass is 79.9. The number of hydrogen-bond acceptors (Lipinski definition) is 2. The molecule has 2 rings (SSSR count). The molecule has 0 aliphatic heterocycles. The molecule has 1 aromatic rings. The summed E-state index contributed by atoms with van der Waals surface area (Å²) in [5.41, 5.74) is 0.682. The molecule has 3 heteroatoms. The zero-order valence-corrected chi connectivity index (χ0v) is 8.13. The molecule has 0 aromatic carbocycles. The van der Waals surface area contributed by atoms with Gasteiger partial charge in [0, 0.05) is 6.42 Å². The highest BCUT2D eigenvalue weighted by Gasteiger charge is 2.26. The maximum absolute atomic E-state index is 11.5. The minimum Gasteiger partial charge on any atom is -0.457 e. The Bertz CT molecular complexity index is 299. The van der Waals surface area contributed by atoms with Gasteiger partial charge in [0.25, 0.3) is 0 Å². The van der Waals surface area contributed by atoms with E-state index in [0.29, 0.717) is 22.6 Å². The van der Waals surface area contributed by atoms with Crippen LogP contribution in [-0.2, 0) is 0 Å². The van der Waals surface area contributed by atoms with Gasteiger partial charge in [-0.2, -0.15) is 0 Å². The summed E-state index contributed by atoms with van der Waals surface area (Å²) in [6.07, 6.45) is 4.63. The van der Waals surface area contributed by atoms with Crippen LogP contribution in [0.1, 0.15) is 29.6 Å². The first kappa shape index (κ1) is 8.05. The van der Waals surface area contributed by atoms with Gasteiger partial charge >= 0.3 is 0 Å². The molecule has 0 unspecified atom stereocenters. The molecule has 1 heterocycles. The van der Waals surface area contributed by atoms with E-state index in [1.54, 1.807) is 6.07 Å². The van der Waals surface area contributed by atoms with Gasteiger partial charge in [-0.15, -0.1) is 0 Å². The second-order valence-electron chi connectivity index (χ2n) is 3.18. The quantitative estimate of drug-likeness (QED) is 0.745. The van der Waals surface area contributed by atoms with E-state index >= 15 is 0 Å². The summed E-state index contributed by atoms with van der Waals surface area (Å²) in [5.74, 6) is 0.831. The fourth-order valence-electron chi connectivity index (χ4n) is 1.19. The third-order valence-electron chi connectivity index (χ3n) is 2.09. The highest BCUT2D eigenvalue weighted by Crippen LogP contribution is 2.34. The Morgan fingerprint density at radius 3 is 2.92 bits per heavy atom. The predicted molar refractivity (Wildman–Crippen MR) is 48.1 cm³/mol. The molecule has 64 valence electrons. The molecule has 2 nitrogen and oxygen atoms in total. The Hall–Kier alpha value is -0.570. The maximum atomic E-state index is 11.5. The number of rotatable bonds is 3. The number of carbonyl (C=O) groups is 1. The molecule has 0 saturated heterocycles. The van der Waals surface area contributed by atoms with Gasteiger partial charge in [0.15, 0.2) is 10.5 Å². The lowest BCUT2D eigenvalue weighted by molar-refractivity contribution is 0.0974. The van der Waals surface area contributed by atoms with Crippen LogP contribution < -0.4 is 0 Å². The maximum Gasteiger partial charge on any atom is 0.179 e. The molecule has 1 aromatic heterocycles. The molecule has 0 spiro atoms. The Kier molecular flexibility index (Phi) is 2.05. The average molecular weight is 229 g/mol. The molecule has 1 fully saturated rings. The highest BCUT2D eigenvalue weighted by molar-refractivity contribution is 9.10. The van der Waals surface area contributed by atoms with Crippen LogP contribution in [0.5, 0.6) is 0 Å². The van der Waals surface area contributed by atoms with Crippen molar-refractivity contribution in [3.05, 3.63) is 22.6 Å². The van der Waals surface area contributed by atoms with E-state index in [-0.39, 0.29) is 5.78 Å². The van der Waals surface area contributed by atoms with Crippen molar-refractivity contribution in [1.29, 1.82) is 0 Å². The van der Waals surface area contributed by atoms with E-state index in [0.717, 1.165) is 0 Å². The van der Waals surface area contributed by atoms with Crippen LogP contribution in [0.2, 0.25) is 0 Å². The van der Waals surface area contributed by atoms with Crippen molar-refractivity contribution in [2.75, 3.05) is 0 Å². The Labute approximate surface area is 79.1 Å². The lowest BCUT2D eigenvalue weighted by Gasteiger charge is -1.94. The second kappa shape index (κ2) is 3.05. The molecule has 0 radical (unpaired) electrons. The Balaban J connectivity index is 2.07. The van der Waals surface area contributed by atoms with Crippen molar-refractivity contribution >= 4 is 21.7 Å². The van der Waals surface area contributed by atoms with Crippen molar-refractivity contribution in [2.24, 2.45) is 5.92 Å². The van der Waals surface area contributed by atoms with Crippen LogP contribution in [0.4, 0.5) is 0 Å². The molecule has 12 heavy (non-hydrogen) atoms. The van der Waals surface area contributed by atoms with Crippen molar-refractivity contribution < 1.29 is 9.21 Å². The third kappa shape index (κ3) is 1.61. The van der Waals surface area contributed by atoms with E-state index in [9.17, 15) is 4.79 Å². The number of hydrogen-bond donors (Lipinski definition) is 0. The number of carbonyl (C=O) groups excluding carboxylic acids is 1. The molecular weight excluding hydrogens is 220 g/mol. The first-order valence-electron chi connectivity index (χ1n) is 4.03. The van der Waals surface area contributed by atoms with Crippen LogP contribution in [0.15, 0.2) is 21.4 Å². The minimum absolute atomic E-state index is 0.193. The van der Waals surface area contributed by atoms with Crippen LogP contribution >= 0.6 is 15.9 Å². The van der Waals surface area contributed by atoms with Gasteiger partial charge in [-0.25, -0.2) is 0 Å². The molecule has 1 aliphatic carbocycles. The van der Waals surface area contributed by atoms with E-state index < -0.39 is 0 Å². The van der Waals surface area contributed by atoms with Gasteiger partial charge in [-0.1, -0.05) is 0 Å². The van der Waals surface area contributed by atoms with Crippen molar-refractivity contribution in [3.8, 4) is 0 Å². The van der Waals surface area contributed by atoms with Crippen LogP contribution in [0.25, 0.3) is 0 Å². The first-order chi connectivity index (χ1) is 5.77. The topological polar surface area (TPSA) is 30.2 Å². The molecule has 1 aliphatic rings. The van der Waals surface area contributed by atoms with E-state index in [1.165, 1.54) is 19.1 Å². The fraction of sp³-hybridized carbons (Fsp3) is 0.444. The molecule has 1 saturated carbocycles. The summed E-state index contributed by atoms with van der Waals surface area (Å²) in [6, 6.07) is 1.72. The van der Waals surface area contributed by atoms with Gasteiger partial charge in [-0.3, -0.25) is 4.79 Å². The Morgan fingerprint density at radius 2 is 2.42 bits per heavy atom. The monoisotopic (exact) mass is 228 g/mol. The second-order valence-corrected chi connectivity index (χ2v) is 3.90. The van der Waals surface area contributed by atoms with Gasteiger partial charge in [0.05, 0.1) is 11.8 Å². The van der Waals surface area contributed by atoms with Crippen LogP contribution in [0, 0.1) is 5.92 Å². The molecule has 0 atom stereocenters. The van der Waals surface area contributed by atoms with E-state index in [1.807, 2.05) is 0 Å². The van der Waals surface area contributed by atoms with Crippen LogP contribution in [-0.4, -0.2) is 5.78 Å². The lowest BCUT2D eigenvalue weighted by atomic mass is 10.1. The van der Waals surface area contributed by atoms with Gasteiger partial charge in [0.2, 0.25) is 0 Å². The average Bonchev–Trinajstić information content (AvgIpc) is 2.72. The zero-order valence-electron chi connectivity index (χ0n) is 6.55. The van der Waals surface area contributed by atoms with Gasteiger partial charge in [0.1, 0.15) is 0 Å². The van der Waals surface area contributed by atoms with E-state index in [4.69, 9.17) is 4.42 Å². The zero-order chi connectivity index (χ0) is 8.55. The SMILES string of the molecule is O=C(CC1CC1)c1ccoc1Br. The summed E-state index contributed by atoms with van der Waals surface area (Å²) < 4.78 is 5.55.